The Morgan fingerprint density at radius 2 is 0.413 bits per heavy atom. The molecule has 0 bridgehead atoms. The molecule has 32 N–H and O–H groups in total. The summed E-state index contributed by atoms with van der Waals surface area (Å²) in [6.45, 7) is -5.87. The van der Waals surface area contributed by atoms with Gasteiger partial charge in [0, 0.05) is 34.6 Å². The molecule has 0 unspecified atom stereocenters. The van der Waals surface area contributed by atoms with Gasteiger partial charge in [0.1, 0.15) is 244 Å². The smallest absolute Gasteiger partial charge is 0.217 e. The Kier molecular flexibility index (Phi) is 37.4. The van der Waals surface area contributed by atoms with Gasteiger partial charge in [0.15, 0.2) is 62.9 Å². The molecule has 10 aliphatic rings. The molecule has 10 saturated heterocycles. The molecular weight excluding hydrogens is 1730 g/mol. The Bertz CT molecular complexity index is 3440. The predicted octanol–water partition coefficient (Wildman–Crippen LogP) is -22.1. The maximum Gasteiger partial charge on any atom is 0.217 e. The van der Waals surface area contributed by atoms with Crippen LogP contribution in [0.25, 0.3) is 0 Å². The number of aliphatic hydroxyl groups is 27. The van der Waals surface area contributed by atoms with Gasteiger partial charge in [-0.3, -0.25) is 24.0 Å². The fourth-order valence-corrected chi connectivity index (χ4v) is 16.3. The monoisotopic (exact) mass is 1840 g/mol. The van der Waals surface area contributed by atoms with Gasteiger partial charge in [0.2, 0.25) is 29.5 Å². The van der Waals surface area contributed by atoms with Crippen molar-refractivity contribution in [1.29, 1.82) is 0 Å². The number of rotatable bonds is 33. The molecule has 10 heterocycles. The molecule has 0 aliphatic carbocycles. The van der Waals surface area contributed by atoms with E-state index in [-0.39, 0.29) is 0 Å². The number of ether oxygens (including phenoxy) is 19. The molecule has 728 valence electrons. The molecule has 10 fully saturated rings. The van der Waals surface area contributed by atoms with Gasteiger partial charge < -0.3 is 254 Å². The van der Waals surface area contributed by atoms with E-state index >= 15 is 0 Å². The van der Waals surface area contributed by atoms with Gasteiger partial charge in [0.25, 0.3) is 0 Å². The van der Waals surface area contributed by atoms with Crippen molar-refractivity contribution in [2.75, 3.05) is 66.1 Å². The number of carbonyl (C=O) groups is 5. The Balaban J connectivity index is 0.906. The summed E-state index contributed by atoms with van der Waals surface area (Å²) in [5.41, 5.74) is 0. The van der Waals surface area contributed by atoms with E-state index in [1.165, 1.54) is 0 Å². The summed E-state index contributed by atoms with van der Waals surface area (Å²) >= 11 is 0. The first-order chi connectivity index (χ1) is 59.6. The molecule has 0 aromatic heterocycles. The van der Waals surface area contributed by atoms with Crippen LogP contribution in [0, 0.1) is 0 Å². The molecule has 10 rings (SSSR count). The lowest BCUT2D eigenvalue weighted by Crippen LogP contribution is -2.71. The molecule has 0 spiro atoms. The van der Waals surface area contributed by atoms with Crippen LogP contribution in [0.4, 0.5) is 0 Å². The highest BCUT2D eigenvalue weighted by molar-refractivity contribution is 5.75. The normalized spacial score (nSPS) is 48.4. The van der Waals surface area contributed by atoms with Gasteiger partial charge in [-0.25, -0.2) is 0 Å². The average molecular weight is 1840 g/mol. The van der Waals surface area contributed by atoms with Gasteiger partial charge >= 0.3 is 0 Å². The molecule has 0 saturated carbocycles. The summed E-state index contributed by atoms with van der Waals surface area (Å²) in [6.07, 6.45) is -92.0. The number of amides is 5. The van der Waals surface area contributed by atoms with Crippen LogP contribution in [0.5, 0.6) is 0 Å². The Labute approximate surface area is 713 Å². The summed E-state index contributed by atoms with van der Waals surface area (Å²) in [4.78, 5) is 64.6. The van der Waals surface area contributed by atoms with Crippen LogP contribution < -0.4 is 26.6 Å². The summed E-state index contributed by atoms with van der Waals surface area (Å²) in [5.74, 6) is -4.66. The predicted molar refractivity (Wildman–Crippen MR) is 388 cm³/mol. The van der Waals surface area contributed by atoms with Crippen molar-refractivity contribution in [3.05, 3.63) is 0 Å². The van der Waals surface area contributed by atoms with E-state index in [4.69, 9.17) is 90.0 Å². The molecule has 126 heavy (non-hydrogen) atoms. The largest absolute Gasteiger partial charge is 0.394 e. The zero-order chi connectivity index (χ0) is 92.8. The van der Waals surface area contributed by atoms with Crippen LogP contribution >= 0.6 is 0 Å². The lowest BCUT2D eigenvalue weighted by Gasteiger charge is -2.51. The topological polar surface area (TPSA) is 867 Å². The van der Waals surface area contributed by atoms with Gasteiger partial charge in [-0.15, -0.1) is 0 Å². The van der Waals surface area contributed by atoms with E-state index in [0.29, 0.717) is 0 Å². The summed E-state index contributed by atoms with van der Waals surface area (Å²) in [5, 5.41) is 311. The Morgan fingerprint density at radius 1 is 0.206 bits per heavy atom. The lowest BCUT2D eigenvalue weighted by atomic mass is 9.93. The third kappa shape index (κ3) is 23.1. The highest BCUT2D eigenvalue weighted by Crippen LogP contribution is 2.40. The Morgan fingerprint density at radius 3 is 0.698 bits per heavy atom. The van der Waals surface area contributed by atoms with Crippen molar-refractivity contribution in [2.45, 2.75) is 341 Å². The van der Waals surface area contributed by atoms with E-state index in [1.54, 1.807) is 0 Å². The van der Waals surface area contributed by atoms with Crippen molar-refractivity contribution >= 4 is 29.5 Å². The average Bonchev–Trinajstić information content (AvgIpc) is 0.766. The van der Waals surface area contributed by atoms with E-state index in [1.807, 2.05) is 0 Å². The highest BCUT2D eigenvalue weighted by atomic mass is 16.8. The maximum atomic E-state index is 13.3. The van der Waals surface area contributed by atoms with Crippen LogP contribution in [0.15, 0.2) is 0 Å². The molecule has 0 aromatic carbocycles. The first kappa shape index (κ1) is 104. The minimum atomic E-state index is -2.53. The van der Waals surface area contributed by atoms with E-state index in [9.17, 15) is 162 Å². The van der Waals surface area contributed by atoms with E-state index in [0.717, 1.165) is 34.6 Å². The first-order valence-electron chi connectivity index (χ1n) is 40.1. The van der Waals surface area contributed by atoms with Crippen LogP contribution in [0.3, 0.4) is 0 Å². The van der Waals surface area contributed by atoms with Crippen LogP contribution in [0.2, 0.25) is 0 Å². The van der Waals surface area contributed by atoms with Crippen molar-refractivity contribution in [2.24, 2.45) is 0 Å². The second kappa shape index (κ2) is 45.5. The first-order valence-corrected chi connectivity index (χ1v) is 40.1. The molecule has 10 aliphatic heterocycles. The van der Waals surface area contributed by atoms with Gasteiger partial charge in [-0.1, -0.05) is 0 Å². The fraction of sp³-hybridized carbons (Fsp3) is 0.929. The quantitative estimate of drug-likeness (QED) is 0.0290. The lowest BCUT2D eigenvalue weighted by molar-refractivity contribution is -0.388. The Hall–Kier alpha value is -4.49. The van der Waals surface area contributed by atoms with E-state index in [2.05, 4.69) is 26.6 Å². The number of hydrogen-bond acceptors (Lipinski definition) is 51. The molecule has 5 amide bonds. The van der Waals surface area contributed by atoms with E-state index < -0.39 is 402 Å². The molecule has 56 heteroatoms. The van der Waals surface area contributed by atoms with Crippen LogP contribution in [0.1, 0.15) is 34.6 Å². The van der Waals surface area contributed by atoms with Crippen molar-refractivity contribution in [3.63, 3.8) is 0 Å². The molecule has 56 nitrogen and oxygen atoms in total. The summed E-state index contributed by atoms with van der Waals surface area (Å²) < 4.78 is 112. The number of carbonyl (C=O) groups excluding carboxylic acids is 5. The van der Waals surface area contributed by atoms with Gasteiger partial charge in [-0.2, -0.15) is 0 Å². The number of hydrogen-bond donors (Lipinski definition) is 32. The van der Waals surface area contributed by atoms with Crippen LogP contribution in [-0.2, 0) is 114 Å². The molecule has 0 radical (unpaired) electrons. The second-order valence-electron chi connectivity index (χ2n) is 31.7. The van der Waals surface area contributed by atoms with Gasteiger partial charge in [-0.05, 0) is 0 Å². The molecule has 0 aromatic rings. The van der Waals surface area contributed by atoms with Gasteiger partial charge in [0.05, 0.1) is 66.1 Å². The zero-order valence-electron chi connectivity index (χ0n) is 67.8. The van der Waals surface area contributed by atoms with Crippen molar-refractivity contribution in [3.8, 4) is 0 Å². The highest BCUT2D eigenvalue weighted by Gasteiger charge is 2.62. The third-order valence-electron chi connectivity index (χ3n) is 22.9. The summed E-state index contributed by atoms with van der Waals surface area (Å²) in [7, 11) is 0. The second-order valence-corrected chi connectivity index (χ2v) is 31.7. The zero-order valence-corrected chi connectivity index (χ0v) is 67.8. The standard InChI is InChI=1S/C70H117N5O51/c1-16(84)71-31-42(95)54(120-66-49(102)46(99)36(89)21(6-76)111-66)25(10-80)115-62(31)108-14-29-40(93)58(35(61(107)110-29)75-20(5)88)124-69-52(105)59(39(92)24(9-79)114-69)125-64-34(74-19(4)87)45(98)57(28(13-83)118-64)123-70-53(106)60(126-65-33(73-18(3)86)44(97)56(27(12-82)117-65)122-68-51(104)48(101)38(91)23(8-78)113-68)41(94)30(119-70)15-109-63-32(72-17(2)85)43(96)55(26(11-81)116-63)121-67-50(103)47(100)37(90)22(7-77)112-67/h21-70,76-83,89-107H,6-15H2,1-5H3,(H,71,84)(H,72,85)(H,73,86)(H,74,87)(H,75,88)/t21-,22-,23-,24-,25-,26-,27-,28-,29-,30-,31-,32-,33-,34-,35-,36+,37+,38+,39+,40+,41+,42-,43-,44-,45-,46+,47+,48+,49-,50-,51-,52-,53-,54-,55-,56-,57-,58-,59+,60+,61+,62-,63-,64+,65+,66+,67+,68+,69+,70+/m1/s1. The minimum absolute atomic E-state index is 0.844. The molecular formula is C70H117N5O51. The van der Waals surface area contributed by atoms with Crippen LogP contribution in [-0.4, -0.2) is 540 Å². The number of aliphatic hydroxyl groups excluding tert-OH is 27. The SMILES string of the molecule is CC(=O)N[C@@H]1[C@@H](O[C@@H]2O[C@H](CO)[C@H](O)[C@H](O[C@@H]3O[C@H](CO)[C@@H](O[C@@H]4O[C@H](CO[C@@H]5O[C@H](CO)[C@@H](O[C@@H]6O[C@H](CO)[C@H](O)[C@H](O)[C@H]6O)[C@H](O)[C@H]5NC(C)=O)[C@H](O)[C@H](O[C@@H]5O[C@H](CO)[C@@H](O[C@@H]6O[C@H](CO)[C@H](O)[C@H](O)[C@H]6O)[C@H](O)[C@H]5NC(C)=O)[C@H]4O)[C@H](O)[C@H]3NC(C)=O)[C@H]2O)[C@@H](O)[C@@H](CO[C@@H]2O[C@H](CO)[C@@H](O[C@@H]3O[C@H](CO)[C@H](O)[C@H](O)[C@H]3O)[C@H](O)[C@H]2NC(C)=O)O[C@@H]1O. The van der Waals surface area contributed by atoms with Crippen molar-refractivity contribution in [1.82, 2.24) is 26.6 Å². The minimum Gasteiger partial charge on any atom is -0.394 e. The fourth-order valence-electron chi connectivity index (χ4n) is 16.3. The number of nitrogens with one attached hydrogen (secondary N) is 5. The molecule has 50 atom stereocenters. The van der Waals surface area contributed by atoms with Crippen molar-refractivity contribution < 1.29 is 252 Å². The third-order valence-corrected chi connectivity index (χ3v) is 22.9. The maximum absolute atomic E-state index is 13.3. The summed E-state index contributed by atoms with van der Waals surface area (Å²) in [6, 6.07) is -9.46.